The summed E-state index contributed by atoms with van der Waals surface area (Å²) in [5.41, 5.74) is 25.0. The molecule has 9 heterocycles. The van der Waals surface area contributed by atoms with Gasteiger partial charge in [0.2, 0.25) is 0 Å². The molecule has 0 saturated carbocycles. The first-order valence-corrected chi connectivity index (χ1v) is 34.7. The van der Waals surface area contributed by atoms with Crippen molar-refractivity contribution in [2.75, 3.05) is 0 Å². The van der Waals surface area contributed by atoms with Gasteiger partial charge in [0.25, 0.3) is 0 Å². The third kappa shape index (κ3) is 12.9. The van der Waals surface area contributed by atoms with Crippen molar-refractivity contribution >= 4 is 87.0 Å². The van der Waals surface area contributed by atoms with E-state index in [1.165, 1.54) is 21.5 Å². The molecule has 486 valence electrons. The number of nitrogens with zero attached hydrogens (tertiary/aromatic N) is 9. The van der Waals surface area contributed by atoms with Gasteiger partial charge in [-0.05, 0) is 170 Å². The number of benzene rings is 11. The molecule has 20 aromatic rings. The molecule has 9 aromatic heterocycles. The summed E-state index contributed by atoms with van der Waals surface area (Å²) in [6, 6.07) is 116. The minimum Gasteiger partial charge on any atom is -0.265 e. The zero-order chi connectivity index (χ0) is 69.1. The lowest BCUT2D eigenvalue weighted by Crippen LogP contribution is -1.89. The molecule has 0 saturated heterocycles. The quantitative estimate of drug-likeness (QED) is 0.139. The standard InChI is InChI=1S/2C33H21N3.C29H19N3/c1-2-6-28-22(4-1)5-3-7-29(28)31-15-13-24-9-11-27(21-33(24)36-31)26-10-8-23-12-14-30(35-32(23)20-26)25-16-18-34-19-17-25;1-2-4-26-19-29(10-5-22(26)3-1)31-14-12-24-7-9-28(21-33(24)36-31)27-8-6-23-11-13-30(35-32(23)20-27)25-15-17-34-18-16-25;1-2-4-20(5-3-1)26-12-10-21-6-8-24(18-28(21)31-26)25-9-7-22-11-13-27(32-29(22)19-25)23-14-16-30-17-15-23/h2*1-21H;1-19H. The molecule has 0 unspecified atom stereocenters. The summed E-state index contributed by atoms with van der Waals surface area (Å²) in [6.07, 6.45) is 10.8. The Kier molecular flexibility index (Phi) is 16.4. The van der Waals surface area contributed by atoms with Crippen LogP contribution in [0, 0.1) is 0 Å². The van der Waals surface area contributed by atoms with Gasteiger partial charge < -0.3 is 0 Å². The molecule has 0 aliphatic heterocycles. The molecule has 9 nitrogen and oxygen atoms in total. The van der Waals surface area contributed by atoms with Gasteiger partial charge in [-0.15, -0.1) is 0 Å². The van der Waals surface area contributed by atoms with Gasteiger partial charge in [0.15, 0.2) is 0 Å². The van der Waals surface area contributed by atoms with Crippen LogP contribution in [-0.4, -0.2) is 44.9 Å². The van der Waals surface area contributed by atoms with Crippen molar-refractivity contribution in [1.82, 2.24) is 44.9 Å². The maximum absolute atomic E-state index is 5.08. The van der Waals surface area contributed by atoms with Crippen molar-refractivity contribution in [2.45, 2.75) is 0 Å². The number of pyridine rings is 9. The molecule has 0 bridgehead atoms. The van der Waals surface area contributed by atoms with Crippen LogP contribution in [0.25, 0.3) is 188 Å². The van der Waals surface area contributed by atoms with E-state index in [0.717, 1.165) is 166 Å². The first-order chi connectivity index (χ1) is 51.4. The highest BCUT2D eigenvalue weighted by Crippen LogP contribution is 2.36. The number of rotatable bonds is 9. The summed E-state index contributed by atoms with van der Waals surface area (Å²) in [5, 5.41) is 11.6. The van der Waals surface area contributed by atoms with Gasteiger partial charge in [0.1, 0.15) is 0 Å². The molecule has 0 aliphatic rings. The highest BCUT2D eigenvalue weighted by molar-refractivity contribution is 5.99. The van der Waals surface area contributed by atoms with E-state index in [2.05, 4.69) is 294 Å². The van der Waals surface area contributed by atoms with Gasteiger partial charge in [-0.25, -0.2) is 29.9 Å². The maximum atomic E-state index is 5.08. The van der Waals surface area contributed by atoms with Crippen molar-refractivity contribution < 1.29 is 0 Å². The highest BCUT2D eigenvalue weighted by Gasteiger charge is 2.13. The fourth-order valence-corrected chi connectivity index (χ4v) is 13.7. The van der Waals surface area contributed by atoms with E-state index in [-0.39, 0.29) is 0 Å². The van der Waals surface area contributed by atoms with Gasteiger partial charge in [-0.1, -0.05) is 218 Å². The van der Waals surface area contributed by atoms with Crippen LogP contribution in [0.4, 0.5) is 0 Å². The summed E-state index contributed by atoms with van der Waals surface area (Å²) in [4.78, 5) is 42.1. The van der Waals surface area contributed by atoms with Crippen LogP contribution >= 0.6 is 0 Å². The van der Waals surface area contributed by atoms with E-state index in [1.54, 1.807) is 37.2 Å². The second-order valence-corrected chi connectivity index (χ2v) is 25.8. The van der Waals surface area contributed by atoms with Gasteiger partial charge in [-0.2, -0.15) is 0 Å². The normalized spacial score (nSPS) is 11.3. The molecule has 0 radical (unpaired) electrons. The Hall–Kier alpha value is -14.2. The molecule has 11 aromatic carbocycles. The third-order valence-corrected chi connectivity index (χ3v) is 19.3. The SMILES string of the molecule is c1ccc(-c2ccc3ccc(-c4ccc5ccc(-c6ccncc6)nc5c4)cc3n2)cc1.c1ccc2c(-c3ccc4ccc(-c5ccc6ccc(-c7ccncc7)nc6c5)cc4n3)cccc2c1.c1ccc2cc(-c3ccc4ccc(-c5ccc6ccc(-c7ccncc7)nc6c5)cc4n3)ccc2c1. The molecule has 0 N–H and O–H groups in total. The number of hydrogen-bond acceptors (Lipinski definition) is 9. The Bertz CT molecular complexity index is 6480. The molecule has 104 heavy (non-hydrogen) atoms. The van der Waals surface area contributed by atoms with E-state index < -0.39 is 0 Å². The number of fused-ring (bicyclic) bond motifs is 8. The Morgan fingerprint density at radius 1 is 0.144 bits per heavy atom. The summed E-state index contributed by atoms with van der Waals surface area (Å²) in [7, 11) is 0. The number of hydrogen-bond donors (Lipinski definition) is 0. The zero-order valence-electron chi connectivity index (χ0n) is 56.2. The lowest BCUT2D eigenvalue weighted by atomic mass is 9.99. The van der Waals surface area contributed by atoms with Crippen molar-refractivity contribution in [3.8, 4) is 101 Å². The van der Waals surface area contributed by atoms with Crippen LogP contribution in [0.3, 0.4) is 0 Å². The molecule has 0 fully saturated rings. The summed E-state index contributed by atoms with van der Waals surface area (Å²) in [6.45, 7) is 0. The van der Waals surface area contributed by atoms with Crippen molar-refractivity contribution in [2.24, 2.45) is 0 Å². The van der Waals surface area contributed by atoms with Gasteiger partial charge >= 0.3 is 0 Å². The molecular formula is C95H61N9. The van der Waals surface area contributed by atoms with Crippen LogP contribution in [-0.2, 0) is 0 Å². The molecule has 0 atom stereocenters. The second-order valence-electron chi connectivity index (χ2n) is 25.8. The number of aromatic nitrogens is 9. The highest BCUT2D eigenvalue weighted by atomic mass is 14.7. The molecule has 9 heteroatoms. The lowest BCUT2D eigenvalue weighted by molar-refractivity contribution is 1.31. The third-order valence-electron chi connectivity index (χ3n) is 19.3. The summed E-state index contributed by atoms with van der Waals surface area (Å²) in [5.74, 6) is 0. The Balaban J connectivity index is 0.000000111. The topological polar surface area (TPSA) is 116 Å². The summed E-state index contributed by atoms with van der Waals surface area (Å²) < 4.78 is 0. The monoisotopic (exact) mass is 1330 g/mol. The van der Waals surface area contributed by atoms with Crippen LogP contribution in [0.5, 0.6) is 0 Å². The van der Waals surface area contributed by atoms with E-state index in [1.807, 2.05) is 54.6 Å². The molecule has 0 aliphatic carbocycles. The maximum Gasteiger partial charge on any atom is 0.0715 e. The molecule has 20 rings (SSSR count). The fraction of sp³-hybridized carbons (Fsp3) is 0. The van der Waals surface area contributed by atoms with Gasteiger partial charge in [0.05, 0.1) is 67.3 Å². The predicted molar refractivity (Wildman–Crippen MR) is 428 cm³/mol. The average molecular weight is 1330 g/mol. The fourth-order valence-electron chi connectivity index (χ4n) is 13.7. The van der Waals surface area contributed by atoms with Crippen molar-refractivity contribution in [1.29, 1.82) is 0 Å². The van der Waals surface area contributed by atoms with Gasteiger partial charge in [0, 0.05) is 103 Å². The van der Waals surface area contributed by atoms with Crippen LogP contribution in [0.1, 0.15) is 0 Å². The Labute approximate surface area is 600 Å². The minimum atomic E-state index is 0.946. The smallest absolute Gasteiger partial charge is 0.0715 e. The van der Waals surface area contributed by atoms with E-state index in [4.69, 9.17) is 29.9 Å². The minimum absolute atomic E-state index is 0.946. The predicted octanol–water partition coefficient (Wildman–Crippen LogP) is 23.8. The van der Waals surface area contributed by atoms with Crippen molar-refractivity contribution in [3.05, 3.63) is 371 Å². The largest absolute Gasteiger partial charge is 0.265 e. The first-order valence-electron chi connectivity index (χ1n) is 34.7. The summed E-state index contributed by atoms with van der Waals surface area (Å²) >= 11 is 0. The van der Waals surface area contributed by atoms with E-state index in [0.29, 0.717) is 0 Å². The Morgan fingerprint density at radius 3 is 0.798 bits per heavy atom. The van der Waals surface area contributed by atoms with Crippen LogP contribution in [0.2, 0.25) is 0 Å². The van der Waals surface area contributed by atoms with Crippen LogP contribution < -0.4 is 0 Å². The van der Waals surface area contributed by atoms with E-state index in [9.17, 15) is 0 Å². The molecule has 0 amide bonds. The average Bonchev–Trinajstić information content (AvgIpc) is 0.790. The van der Waals surface area contributed by atoms with Gasteiger partial charge in [-0.3, -0.25) is 15.0 Å². The second kappa shape index (κ2) is 27.5. The van der Waals surface area contributed by atoms with E-state index >= 15 is 0 Å². The zero-order valence-corrected chi connectivity index (χ0v) is 56.2. The van der Waals surface area contributed by atoms with Crippen LogP contribution in [0.15, 0.2) is 371 Å². The van der Waals surface area contributed by atoms with Crippen molar-refractivity contribution in [3.63, 3.8) is 0 Å². The first kappa shape index (κ1) is 62.1. The Morgan fingerprint density at radius 2 is 0.413 bits per heavy atom. The lowest BCUT2D eigenvalue weighted by Gasteiger charge is -2.09. The molecular weight excluding hydrogens is 1270 g/mol. The molecule has 0 spiro atoms.